The molecular formula is C24H25ClN2O3. The van der Waals surface area contributed by atoms with Gasteiger partial charge in [-0.15, -0.1) is 0 Å². The average Bonchev–Trinajstić information content (AvgIpc) is 3.07. The number of aliphatic imine (C=N–C) groups is 1. The van der Waals surface area contributed by atoms with E-state index in [0.29, 0.717) is 22.0 Å². The number of carbonyl (C=O) groups excluding carboxylic acids is 1. The lowest BCUT2D eigenvalue weighted by molar-refractivity contribution is -0.137. The van der Waals surface area contributed by atoms with E-state index in [0.717, 1.165) is 31.2 Å². The van der Waals surface area contributed by atoms with Crippen LogP contribution < -0.4 is 4.90 Å². The number of amides is 1. The van der Waals surface area contributed by atoms with E-state index in [1.54, 1.807) is 18.2 Å². The fourth-order valence-electron chi connectivity index (χ4n) is 4.53. The summed E-state index contributed by atoms with van der Waals surface area (Å²) in [4.78, 5) is 31.7. The molecule has 1 N–H and O–H groups in total. The number of aliphatic carboxylic acids is 1. The van der Waals surface area contributed by atoms with Crippen molar-refractivity contribution >= 4 is 34.9 Å². The molecule has 1 amide bonds. The van der Waals surface area contributed by atoms with Crippen LogP contribution in [0, 0.1) is 5.92 Å². The molecule has 1 unspecified atom stereocenters. The van der Waals surface area contributed by atoms with Crippen LogP contribution >= 0.6 is 11.6 Å². The monoisotopic (exact) mass is 424 g/mol. The second-order valence-corrected chi connectivity index (χ2v) is 8.46. The van der Waals surface area contributed by atoms with Gasteiger partial charge < -0.3 is 5.11 Å². The highest BCUT2D eigenvalue weighted by atomic mass is 35.5. The molecule has 156 valence electrons. The van der Waals surface area contributed by atoms with Gasteiger partial charge in [0.25, 0.3) is 5.91 Å². The van der Waals surface area contributed by atoms with Crippen LogP contribution in [-0.4, -0.2) is 35.3 Å². The number of halogens is 1. The molecule has 0 aromatic heterocycles. The van der Waals surface area contributed by atoms with Crippen molar-refractivity contribution in [1.29, 1.82) is 0 Å². The molecule has 1 aliphatic heterocycles. The van der Waals surface area contributed by atoms with Crippen molar-refractivity contribution < 1.29 is 14.7 Å². The number of fused-ring (bicyclic) bond motifs is 1. The number of nitrogens with zero attached hydrogens (tertiary/aromatic N) is 2. The Hall–Kier alpha value is -2.66. The summed E-state index contributed by atoms with van der Waals surface area (Å²) < 4.78 is 0. The maximum Gasteiger partial charge on any atom is 0.323 e. The van der Waals surface area contributed by atoms with Gasteiger partial charge in [0.05, 0.1) is 11.4 Å². The van der Waals surface area contributed by atoms with Gasteiger partial charge in [-0.3, -0.25) is 19.5 Å². The number of hydrogen-bond donors (Lipinski definition) is 1. The topological polar surface area (TPSA) is 70.0 Å². The number of carboxylic acid groups (broad SMARTS) is 1. The Kier molecular flexibility index (Phi) is 6.18. The van der Waals surface area contributed by atoms with Crippen molar-refractivity contribution in [2.75, 3.05) is 11.4 Å². The third kappa shape index (κ3) is 4.26. The number of benzene rings is 2. The molecule has 1 saturated carbocycles. The zero-order valence-electron chi connectivity index (χ0n) is 16.8. The van der Waals surface area contributed by atoms with Gasteiger partial charge in [0.15, 0.2) is 0 Å². The summed E-state index contributed by atoms with van der Waals surface area (Å²) in [5.74, 6) is -1.18. The number of benzodiazepines with no additional fused rings is 1. The van der Waals surface area contributed by atoms with Crippen molar-refractivity contribution in [3.8, 4) is 0 Å². The first-order chi connectivity index (χ1) is 14.5. The van der Waals surface area contributed by atoms with Crippen LogP contribution in [0.1, 0.15) is 49.7 Å². The van der Waals surface area contributed by atoms with Crippen LogP contribution in [0.2, 0.25) is 5.02 Å². The molecule has 6 heteroatoms. The summed E-state index contributed by atoms with van der Waals surface area (Å²) in [5, 5.41) is 10.0. The highest BCUT2D eigenvalue weighted by Crippen LogP contribution is 2.35. The van der Waals surface area contributed by atoms with Gasteiger partial charge in [0, 0.05) is 16.1 Å². The largest absolute Gasteiger partial charge is 0.480 e. The van der Waals surface area contributed by atoms with Crippen LogP contribution in [0.5, 0.6) is 0 Å². The second kappa shape index (κ2) is 9.00. The van der Waals surface area contributed by atoms with E-state index < -0.39 is 18.6 Å². The summed E-state index contributed by atoms with van der Waals surface area (Å²) in [6, 6.07) is 14.3. The van der Waals surface area contributed by atoms with Crippen LogP contribution in [0.15, 0.2) is 53.5 Å². The number of carbonyl (C=O) groups is 2. The summed E-state index contributed by atoms with van der Waals surface area (Å²) in [6.07, 6.45) is 6.34. The minimum absolute atomic E-state index is 0.111. The molecule has 30 heavy (non-hydrogen) atoms. The average molecular weight is 425 g/mol. The number of hydrogen-bond acceptors (Lipinski definition) is 3. The van der Waals surface area contributed by atoms with Crippen molar-refractivity contribution in [2.24, 2.45) is 10.9 Å². The number of carboxylic acids is 1. The van der Waals surface area contributed by atoms with Crippen LogP contribution in [0.25, 0.3) is 0 Å². The van der Waals surface area contributed by atoms with E-state index >= 15 is 0 Å². The molecule has 0 spiro atoms. The smallest absolute Gasteiger partial charge is 0.323 e. The first-order valence-electron chi connectivity index (χ1n) is 10.5. The number of rotatable bonds is 4. The molecule has 1 atom stereocenters. The highest BCUT2D eigenvalue weighted by Gasteiger charge is 2.37. The quantitative estimate of drug-likeness (QED) is 0.706. The first kappa shape index (κ1) is 20.6. The molecular weight excluding hydrogens is 400 g/mol. The Balaban J connectivity index is 1.90. The van der Waals surface area contributed by atoms with E-state index in [2.05, 4.69) is 0 Å². The lowest BCUT2D eigenvalue weighted by Crippen LogP contribution is -2.44. The predicted molar refractivity (Wildman–Crippen MR) is 119 cm³/mol. The van der Waals surface area contributed by atoms with Crippen LogP contribution in [-0.2, 0) is 9.59 Å². The summed E-state index contributed by atoms with van der Waals surface area (Å²) in [5.41, 5.74) is 2.83. The molecule has 0 bridgehead atoms. The summed E-state index contributed by atoms with van der Waals surface area (Å²) in [7, 11) is 0. The van der Waals surface area contributed by atoms with Gasteiger partial charge >= 0.3 is 5.97 Å². The number of anilines is 1. The molecule has 1 heterocycles. The zero-order chi connectivity index (χ0) is 21.1. The lowest BCUT2D eigenvalue weighted by atomic mass is 9.91. The molecule has 0 saturated heterocycles. The molecule has 5 nitrogen and oxygen atoms in total. The standard InChI is InChI=1S/C24H25ClN2O3/c25-18-12-13-20-19(14-18)22(16-8-6-3-7-9-16)26-23(17-10-4-1-2-5-11-17)24(30)27(20)15-21(28)29/h3,6-9,12-14,17,23H,1-2,4-5,10-11,15H2,(H,28,29). The van der Waals surface area contributed by atoms with Crippen molar-refractivity contribution in [3.63, 3.8) is 0 Å². The van der Waals surface area contributed by atoms with Gasteiger partial charge in [-0.2, -0.15) is 0 Å². The fourth-order valence-corrected chi connectivity index (χ4v) is 4.71. The molecule has 2 aliphatic rings. The third-order valence-electron chi connectivity index (χ3n) is 5.98. The van der Waals surface area contributed by atoms with Crippen LogP contribution in [0.3, 0.4) is 0 Å². The molecule has 0 radical (unpaired) electrons. The summed E-state index contributed by atoms with van der Waals surface area (Å²) in [6.45, 7) is -0.395. The maximum absolute atomic E-state index is 13.6. The van der Waals surface area contributed by atoms with Crippen molar-refractivity contribution in [3.05, 3.63) is 64.7 Å². The van der Waals surface area contributed by atoms with Gasteiger partial charge in [0.1, 0.15) is 12.6 Å². The Morgan fingerprint density at radius 2 is 1.77 bits per heavy atom. The van der Waals surface area contributed by atoms with Gasteiger partial charge in [-0.1, -0.05) is 67.6 Å². The Morgan fingerprint density at radius 3 is 2.43 bits per heavy atom. The zero-order valence-corrected chi connectivity index (χ0v) is 17.5. The Labute approximate surface area is 181 Å². The fraction of sp³-hybridized carbons (Fsp3) is 0.375. The van der Waals surface area contributed by atoms with Gasteiger partial charge in [-0.25, -0.2) is 0 Å². The minimum Gasteiger partial charge on any atom is -0.480 e. The van der Waals surface area contributed by atoms with E-state index in [-0.39, 0.29) is 11.8 Å². The van der Waals surface area contributed by atoms with E-state index in [9.17, 15) is 14.7 Å². The first-order valence-corrected chi connectivity index (χ1v) is 10.9. The highest BCUT2D eigenvalue weighted by molar-refractivity contribution is 6.32. The minimum atomic E-state index is -1.05. The van der Waals surface area contributed by atoms with Gasteiger partial charge in [0.2, 0.25) is 0 Å². The molecule has 2 aromatic carbocycles. The molecule has 2 aromatic rings. The normalized spacial score (nSPS) is 20.2. The molecule has 1 fully saturated rings. The molecule has 1 aliphatic carbocycles. The SMILES string of the molecule is O=C(O)CN1C(=O)C(C2CCCCCC2)N=C(c2ccccc2)c2cc(Cl)ccc21. The van der Waals surface area contributed by atoms with E-state index in [1.807, 2.05) is 30.3 Å². The maximum atomic E-state index is 13.6. The Morgan fingerprint density at radius 1 is 1.07 bits per heavy atom. The van der Waals surface area contributed by atoms with Crippen LogP contribution in [0.4, 0.5) is 5.69 Å². The summed E-state index contributed by atoms with van der Waals surface area (Å²) >= 11 is 6.30. The molecule has 4 rings (SSSR count). The third-order valence-corrected chi connectivity index (χ3v) is 6.21. The van der Waals surface area contributed by atoms with Crippen molar-refractivity contribution in [2.45, 2.75) is 44.6 Å². The van der Waals surface area contributed by atoms with E-state index in [4.69, 9.17) is 16.6 Å². The lowest BCUT2D eigenvalue weighted by Gasteiger charge is -2.27. The van der Waals surface area contributed by atoms with Gasteiger partial charge in [-0.05, 0) is 37.0 Å². The Bertz CT molecular complexity index is 966. The second-order valence-electron chi connectivity index (χ2n) is 8.02. The van der Waals surface area contributed by atoms with Crippen molar-refractivity contribution in [1.82, 2.24) is 0 Å². The predicted octanol–water partition coefficient (Wildman–Crippen LogP) is 4.95. The van der Waals surface area contributed by atoms with E-state index in [1.165, 1.54) is 17.7 Å².